The van der Waals surface area contributed by atoms with Crippen LogP contribution in [-0.2, 0) is 16.8 Å². The van der Waals surface area contributed by atoms with Crippen LogP contribution in [0.15, 0.2) is 54.6 Å². The second kappa shape index (κ2) is 4.87. The van der Waals surface area contributed by atoms with Crippen molar-refractivity contribution in [2.75, 3.05) is 6.54 Å². The summed E-state index contributed by atoms with van der Waals surface area (Å²) < 4.78 is 5.83. The molecule has 2 heterocycles. The van der Waals surface area contributed by atoms with Crippen molar-refractivity contribution in [3.05, 3.63) is 71.3 Å². The molecule has 0 aliphatic carbocycles. The van der Waals surface area contributed by atoms with Gasteiger partial charge >= 0.3 is 6.09 Å². The van der Waals surface area contributed by atoms with E-state index in [2.05, 4.69) is 24.3 Å². The highest BCUT2D eigenvalue weighted by atomic mass is 16.6. The SMILES string of the molecule is C[C@@]1(c2ccccc2)C[C@@H]2c3ccccc3CCN2C(=O)O1. The fourth-order valence-corrected chi connectivity index (χ4v) is 3.72. The van der Waals surface area contributed by atoms with E-state index in [4.69, 9.17) is 4.74 Å². The molecule has 0 radical (unpaired) electrons. The molecular formula is C19H19NO2. The highest BCUT2D eigenvalue weighted by Crippen LogP contribution is 2.45. The van der Waals surface area contributed by atoms with Crippen LogP contribution in [0.1, 0.15) is 36.1 Å². The molecule has 112 valence electrons. The number of carbonyl (C=O) groups excluding carboxylic acids is 1. The topological polar surface area (TPSA) is 29.5 Å². The molecule has 0 unspecified atom stereocenters. The summed E-state index contributed by atoms with van der Waals surface area (Å²) in [6.45, 7) is 2.76. The van der Waals surface area contributed by atoms with Gasteiger partial charge in [-0.25, -0.2) is 4.79 Å². The summed E-state index contributed by atoms with van der Waals surface area (Å²) in [5.41, 5.74) is 3.12. The van der Waals surface area contributed by atoms with Crippen LogP contribution in [0.4, 0.5) is 4.79 Å². The Morgan fingerprint density at radius 2 is 1.82 bits per heavy atom. The molecule has 3 heteroatoms. The second-order valence-corrected chi connectivity index (χ2v) is 6.33. The Morgan fingerprint density at radius 1 is 1.09 bits per heavy atom. The molecule has 2 aliphatic heterocycles. The number of hydrogen-bond acceptors (Lipinski definition) is 2. The summed E-state index contributed by atoms with van der Waals surface area (Å²) >= 11 is 0. The minimum Gasteiger partial charge on any atom is -0.438 e. The number of carbonyl (C=O) groups is 1. The first-order valence-corrected chi connectivity index (χ1v) is 7.80. The van der Waals surface area contributed by atoms with Crippen molar-refractivity contribution in [3.63, 3.8) is 0 Å². The zero-order valence-electron chi connectivity index (χ0n) is 12.7. The smallest absolute Gasteiger partial charge is 0.411 e. The maximum absolute atomic E-state index is 12.5. The Kier molecular flexibility index (Phi) is 2.96. The van der Waals surface area contributed by atoms with Crippen LogP contribution in [0, 0.1) is 0 Å². The van der Waals surface area contributed by atoms with Gasteiger partial charge in [0.25, 0.3) is 0 Å². The van der Waals surface area contributed by atoms with E-state index in [1.807, 2.05) is 42.2 Å². The largest absolute Gasteiger partial charge is 0.438 e. The third kappa shape index (κ3) is 2.00. The van der Waals surface area contributed by atoms with Gasteiger partial charge in [0.15, 0.2) is 0 Å². The molecule has 2 atom stereocenters. The van der Waals surface area contributed by atoms with Crippen molar-refractivity contribution in [3.8, 4) is 0 Å². The zero-order valence-corrected chi connectivity index (χ0v) is 12.7. The van der Waals surface area contributed by atoms with Gasteiger partial charge in [0, 0.05) is 13.0 Å². The Balaban J connectivity index is 1.76. The van der Waals surface area contributed by atoms with Gasteiger partial charge in [-0.3, -0.25) is 0 Å². The van der Waals surface area contributed by atoms with Gasteiger partial charge in [0.1, 0.15) is 5.60 Å². The molecule has 2 aromatic carbocycles. The second-order valence-electron chi connectivity index (χ2n) is 6.33. The lowest BCUT2D eigenvalue weighted by atomic mass is 9.81. The molecule has 0 saturated carbocycles. The molecule has 1 amide bonds. The van der Waals surface area contributed by atoms with Crippen LogP contribution in [0.2, 0.25) is 0 Å². The van der Waals surface area contributed by atoms with Crippen LogP contribution >= 0.6 is 0 Å². The van der Waals surface area contributed by atoms with Gasteiger partial charge in [-0.15, -0.1) is 0 Å². The number of hydrogen-bond donors (Lipinski definition) is 0. The van der Waals surface area contributed by atoms with Gasteiger partial charge in [-0.1, -0.05) is 54.6 Å². The fourth-order valence-electron chi connectivity index (χ4n) is 3.72. The first kappa shape index (κ1) is 13.4. The molecule has 3 nitrogen and oxygen atoms in total. The van der Waals surface area contributed by atoms with Crippen LogP contribution in [-0.4, -0.2) is 17.5 Å². The predicted octanol–water partition coefficient (Wildman–Crippen LogP) is 4.04. The lowest BCUT2D eigenvalue weighted by molar-refractivity contribution is -0.0668. The van der Waals surface area contributed by atoms with E-state index in [0.29, 0.717) is 0 Å². The third-order valence-electron chi connectivity index (χ3n) is 4.93. The number of nitrogens with zero attached hydrogens (tertiary/aromatic N) is 1. The van der Waals surface area contributed by atoms with E-state index in [0.717, 1.165) is 24.9 Å². The first-order chi connectivity index (χ1) is 10.7. The Labute approximate surface area is 130 Å². The van der Waals surface area contributed by atoms with Crippen LogP contribution < -0.4 is 0 Å². The molecule has 4 rings (SSSR count). The predicted molar refractivity (Wildman–Crippen MR) is 84.5 cm³/mol. The van der Waals surface area contributed by atoms with E-state index < -0.39 is 5.60 Å². The molecular weight excluding hydrogens is 274 g/mol. The average Bonchev–Trinajstić information content (AvgIpc) is 2.55. The van der Waals surface area contributed by atoms with Crippen molar-refractivity contribution >= 4 is 6.09 Å². The molecule has 0 bridgehead atoms. The molecule has 2 aliphatic rings. The number of amides is 1. The lowest BCUT2D eigenvalue weighted by Crippen LogP contribution is -2.50. The first-order valence-electron chi connectivity index (χ1n) is 7.80. The van der Waals surface area contributed by atoms with Crippen molar-refractivity contribution in [1.29, 1.82) is 0 Å². The van der Waals surface area contributed by atoms with Crippen molar-refractivity contribution < 1.29 is 9.53 Å². The van der Waals surface area contributed by atoms with Gasteiger partial charge in [0.2, 0.25) is 0 Å². The van der Waals surface area contributed by atoms with Crippen LogP contribution in [0.3, 0.4) is 0 Å². The molecule has 0 aromatic heterocycles. The van der Waals surface area contributed by atoms with Gasteiger partial charge in [-0.05, 0) is 30.0 Å². The third-order valence-corrected chi connectivity index (χ3v) is 4.93. The standard InChI is InChI=1S/C19H19NO2/c1-19(15-8-3-2-4-9-15)13-17-16-10-6-5-7-14(16)11-12-20(17)18(21)22-19/h2-10,17H,11-13H2,1H3/t17-,19+/m1/s1. The van der Waals surface area contributed by atoms with Crippen LogP contribution in [0.5, 0.6) is 0 Å². The van der Waals surface area contributed by atoms with E-state index in [-0.39, 0.29) is 12.1 Å². The van der Waals surface area contributed by atoms with E-state index in [1.54, 1.807) is 0 Å². The maximum Gasteiger partial charge on any atom is 0.411 e. The number of ether oxygens (including phenoxy) is 1. The van der Waals surface area contributed by atoms with Gasteiger partial charge in [0.05, 0.1) is 6.04 Å². The molecule has 2 aromatic rings. The summed E-state index contributed by atoms with van der Waals surface area (Å²) in [5, 5.41) is 0. The molecule has 0 N–H and O–H groups in total. The highest BCUT2D eigenvalue weighted by molar-refractivity contribution is 5.71. The molecule has 22 heavy (non-hydrogen) atoms. The normalized spacial score (nSPS) is 26.9. The van der Waals surface area contributed by atoms with Gasteiger partial charge < -0.3 is 9.64 Å². The minimum absolute atomic E-state index is 0.108. The Hall–Kier alpha value is -2.29. The van der Waals surface area contributed by atoms with Crippen molar-refractivity contribution in [2.24, 2.45) is 0 Å². The van der Waals surface area contributed by atoms with E-state index in [1.165, 1.54) is 11.1 Å². The van der Waals surface area contributed by atoms with Crippen molar-refractivity contribution in [2.45, 2.75) is 31.4 Å². The zero-order chi connectivity index (χ0) is 15.2. The Morgan fingerprint density at radius 3 is 2.64 bits per heavy atom. The molecule has 1 saturated heterocycles. The minimum atomic E-state index is -0.566. The maximum atomic E-state index is 12.5. The fraction of sp³-hybridized carbons (Fsp3) is 0.316. The number of benzene rings is 2. The van der Waals surface area contributed by atoms with E-state index >= 15 is 0 Å². The monoisotopic (exact) mass is 293 g/mol. The summed E-state index contributed by atoms with van der Waals surface area (Å²) in [7, 11) is 0. The average molecular weight is 293 g/mol. The molecule has 0 spiro atoms. The summed E-state index contributed by atoms with van der Waals surface area (Å²) in [5.74, 6) is 0. The number of fused-ring (bicyclic) bond motifs is 3. The van der Waals surface area contributed by atoms with Gasteiger partial charge in [-0.2, -0.15) is 0 Å². The quantitative estimate of drug-likeness (QED) is 0.794. The van der Waals surface area contributed by atoms with Crippen LogP contribution in [0.25, 0.3) is 0 Å². The van der Waals surface area contributed by atoms with Crippen molar-refractivity contribution in [1.82, 2.24) is 4.90 Å². The lowest BCUT2D eigenvalue weighted by Gasteiger charge is -2.47. The van der Waals surface area contributed by atoms with E-state index in [9.17, 15) is 4.79 Å². The number of rotatable bonds is 1. The number of cyclic esters (lactones) is 1. The molecule has 1 fully saturated rings. The summed E-state index contributed by atoms with van der Waals surface area (Å²) in [6.07, 6.45) is 1.50. The summed E-state index contributed by atoms with van der Waals surface area (Å²) in [6, 6.07) is 18.6. The summed E-state index contributed by atoms with van der Waals surface area (Å²) in [4.78, 5) is 14.4. The highest BCUT2D eigenvalue weighted by Gasteiger charge is 2.45. The Bertz CT molecular complexity index is 712.